The second kappa shape index (κ2) is 7.71. The van der Waals surface area contributed by atoms with Crippen LogP contribution < -0.4 is 20.8 Å². The Morgan fingerprint density at radius 1 is 1.09 bits per heavy atom. The maximum Gasteiger partial charge on any atom is 0.275 e. The Hall–Kier alpha value is -3.59. The minimum absolute atomic E-state index is 0.0148. The molecule has 9 heteroatoms. The third kappa shape index (κ3) is 3.29. The van der Waals surface area contributed by atoms with E-state index in [0.29, 0.717) is 45.8 Å². The normalized spacial score (nSPS) is 23.9. The van der Waals surface area contributed by atoms with E-state index in [2.05, 4.69) is 32.9 Å². The van der Waals surface area contributed by atoms with Crippen molar-refractivity contribution in [2.45, 2.75) is 44.9 Å². The molecule has 0 saturated carbocycles. The van der Waals surface area contributed by atoms with Crippen molar-refractivity contribution in [1.82, 2.24) is 24.6 Å². The molecule has 4 aromatic rings. The van der Waals surface area contributed by atoms with Crippen LogP contribution in [0.4, 0.5) is 5.69 Å². The van der Waals surface area contributed by atoms with Gasteiger partial charge in [0.05, 0.1) is 23.0 Å². The highest BCUT2D eigenvalue weighted by Crippen LogP contribution is 2.35. The largest absolute Gasteiger partial charge is 0.487 e. The topological polar surface area (TPSA) is 99.3 Å². The van der Waals surface area contributed by atoms with Crippen LogP contribution in [0.25, 0.3) is 33.2 Å². The minimum Gasteiger partial charge on any atom is -0.487 e. The first-order valence-corrected chi connectivity index (χ1v) is 12.5. The van der Waals surface area contributed by atoms with E-state index in [9.17, 15) is 9.59 Å². The van der Waals surface area contributed by atoms with Crippen molar-refractivity contribution in [2.75, 3.05) is 31.1 Å². The fourth-order valence-electron chi connectivity index (χ4n) is 5.97. The van der Waals surface area contributed by atoms with Gasteiger partial charge in [-0.25, -0.2) is 4.98 Å². The summed E-state index contributed by atoms with van der Waals surface area (Å²) in [5.74, 6) is 0.705. The van der Waals surface area contributed by atoms with Crippen molar-refractivity contribution in [3.05, 3.63) is 51.0 Å². The first kappa shape index (κ1) is 20.8. The quantitative estimate of drug-likeness (QED) is 0.442. The summed E-state index contributed by atoms with van der Waals surface area (Å²) < 4.78 is 8.27. The molecule has 2 saturated heterocycles. The number of para-hydroxylation sites is 1. The number of nitrogens with one attached hydrogen (secondary N) is 2. The lowest BCUT2D eigenvalue weighted by Crippen LogP contribution is -2.33. The van der Waals surface area contributed by atoms with E-state index in [1.165, 1.54) is 12.8 Å². The van der Waals surface area contributed by atoms with Crippen LogP contribution in [0.1, 0.15) is 26.2 Å². The molecule has 7 rings (SSSR count). The smallest absolute Gasteiger partial charge is 0.275 e. The van der Waals surface area contributed by atoms with Gasteiger partial charge in [0, 0.05) is 56.0 Å². The lowest BCUT2D eigenvalue weighted by Gasteiger charge is -2.22. The molecule has 2 aromatic heterocycles. The van der Waals surface area contributed by atoms with Gasteiger partial charge in [-0.2, -0.15) is 0 Å². The highest BCUT2D eigenvalue weighted by Gasteiger charge is 2.31. The van der Waals surface area contributed by atoms with E-state index in [0.717, 1.165) is 38.3 Å². The number of hydrogen-bond acceptors (Lipinski definition) is 6. The monoisotopic (exact) mass is 472 g/mol. The Morgan fingerprint density at radius 3 is 2.80 bits per heavy atom. The molecule has 5 heterocycles. The minimum atomic E-state index is -0.282. The molecule has 9 nitrogen and oxygen atoms in total. The van der Waals surface area contributed by atoms with Crippen molar-refractivity contribution >= 4 is 27.6 Å². The van der Waals surface area contributed by atoms with Gasteiger partial charge in [0.25, 0.3) is 11.1 Å². The SMILES string of the molecule is C[C@@H]1CC2CN1CCn1[nH]c3c(cccc3c1=O)-c1nc3c(cc(N4CCCC4)cc3[nH]c1=O)O2. The Kier molecular flexibility index (Phi) is 4.57. The van der Waals surface area contributed by atoms with Gasteiger partial charge in [0.2, 0.25) is 0 Å². The molecule has 6 bridgehead atoms. The average molecular weight is 473 g/mol. The number of anilines is 1. The second-order valence-corrected chi connectivity index (χ2v) is 10.1. The maximum absolute atomic E-state index is 13.3. The number of ether oxygens (including phenoxy) is 1. The molecule has 180 valence electrons. The van der Waals surface area contributed by atoms with Crippen molar-refractivity contribution in [3.8, 4) is 17.0 Å². The van der Waals surface area contributed by atoms with Gasteiger partial charge in [-0.05, 0) is 31.9 Å². The Morgan fingerprint density at radius 2 is 1.94 bits per heavy atom. The molecule has 35 heavy (non-hydrogen) atoms. The summed E-state index contributed by atoms with van der Waals surface area (Å²) in [5, 5.41) is 3.83. The van der Waals surface area contributed by atoms with Crippen LogP contribution in [0.3, 0.4) is 0 Å². The Labute approximate surface area is 201 Å². The first-order valence-electron chi connectivity index (χ1n) is 12.5. The number of nitrogens with zero attached hydrogens (tertiary/aromatic N) is 4. The second-order valence-electron chi connectivity index (χ2n) is 10.1. The number of aromatic amines is 2. The van der Waals surface area contributed by atoms with Crippen LogP contribution in [-0.4, -0.2) is 63.0 Å². The molecular weight excluding hydrogens is 444 g/mol. The molecule has 3 aliphatic rings. The lowest BCUT2D eigenvalue weighted by molar-refractivity contribution is 0.195. The van der Waals surface area contributed by atoms with Crippen molar-refractivity contribution in [2.24, 2.45) is 0 Å². The molecule has 0 aliphatic carbocycles. The average Bonchev–Trinajstić information content (AvgIpc) is 3.57. The van der Waals surface area contributed by atoms with Crippen LogP contribution in [-0.2, 0) is 6.54 Å². The highest BCUT2D eigenvalue weighted by molar-refractivity contribution is 5.94. The lowest BCUT2D eigenvalue weighted by atomic mass is 10.1. The molecule has 3 aliphatic heterocycles. The first-order chi connectivity index (χ1) is 17.0. The van der Waals surface area contributed by atoms with Crippen LogP contribution in [0.2, 0.25) is 0 Å². The standard InChI is InChI=1S/C26H28N6O3/c1-15-11-17-14-31(15)9-10-32-26(34)19-6-4-5-18(22(19)29-32)23-25(33)27-20-12-16(30-7-2-3-8-30)13-21(35-17)24(20)28-23/h4-6,12-13,15,17,29H,2-3,7-11,14H2,1H3,(H,27,33)/t15-,17?/m1/s1. The van der Waals surface area contributed by atoms with E-state index in [4.69, 9.17) is 9.72 Å². The molecule has 2 N–H and O–H groups in total. The molecule has 3 atom stereocenters. The third-order valence-electron chi connectivity index (χ3n) is 7.83. The highest BCUT2D eigenvalue weighted by atomic mass is 16.5. The molecule has 0 radical (unpaired) electrons. The Balaban J connectivity index is 1.50. The zero-order valence-electron chi connectivity index (χ0n) is 19.7. The summed E-state index contributed by atoms with van der Waals surface area (Å²) in [6, 6.07) is 9.89. The van der Waals surface area contributed by atoms with Gasteiger partial charge in [0.15, 0.2) is 0 Å². The van der Waals surface area contributed by atoms with Crippen molar-refractivity contribution < 1.29 is 4.74 Å². The van der Waals surface area contributed by atoms with Crippen LogP contribution in [0.15, 0.2) is 39.9 Å². The number of benzene rings is 2. The van der Waals surface area contributed by atoms with E-state index < -0.39 is 0 Å². The van der Waals surface area contributed by atoms with Gasteiger partial charge in [0.1, 0.15) is 23.1 Å². The summed E-state index contributed by atoms with van der Waals surface area (Å²) in [4.78, 5) is 39.1. The molecule has 2 unspecified atom stereocenters. The summed E-state index contributed by atoms with van der Waals surface area (Å²) in [6.45, 7) is 6.29. The van der Waals surface area contributed by atoms with Crippen LogP contribution in [0.5, 0.6) is 5.75 Å². The molecule has 2 aromatic carbocycles. The van der Waals surface area contributed by atoms with Gasteiger partial charge in [-0.1, -0.05) is 12.1 Å². The number of rotatable bonds is 1. The number of aromatic nitrogens is 4. The summed E-state index contributed by atoms with van der Waals surface area (Å²) in [5.41, 5.74) is 3.55. The predicted octanol–water partition coefficient (Wildman–Crippen LogP) is 2.69. The maximum atomic E-state index is 13.3. The zero-order valence-corrected chi connectivity index (χ0v) is 19.7. The summed E-state index contributed by atoms with van der Waals surface area (Å²) >= 11 is 0. The van der Waals surface area contributed by atoms with Crippen LogP contribution in [0, 0.1) is 0 Å². The number of fused-ring (bicyclic) bond motifs is 5. The summed E-state index contributed by atoms with van der Waals surface area (Å²) in [7, 11) is 0. The molecule has 0 spiro atoms. The van der Waals surface area contributed by atoms with Gasteiger partial charge >= 0.3 is 0 Å². The number of hydrogen-bond donors (Lipinski definition) is 2. The third-order valence-corrected chi connectivity index (χ3v) is 7.83. The fraction of sp³-hybridized carbons (Fsp3) is 0.423. The van der Waals surface area contributed by atoms with E-state index in [1.54, 1.807) is 10.7 Å². The van der Waals surface area contributed by atoms with Gasteiger partial charge in [-0.15, -0.1) is 0 Å². The predicted molar refractivity (Wildman–Crippen MR) is 135 cm³/mol. The number of H-pyrrole nitrogens is 2. The van der Waals surface area contributed by atoms with E-state index >= 15 is 0 Å². The van der Waals surface area contributed by atoms with Gasteiger partial charge in [-0.3, -0.25) is 24.3 Å². The van der Waals surface area contributed by atoms with Crippen LogP contribution >= 0.6 is 0 Å². The summed E-state index contributed by atoms with van der Waals surface area (Å²) in [6.07, 6.45) is 3.24. The van der Waals surface area contributed by atoms with E-state index in [1.807, 2.05) is 18.2 Å². The van der Waals surface area contributed by atoms with E-state index in [-0.39, 0.29) is 22.9 Å². The van der Waals surface area contributed by atoms with Gasteiger partial charge < -0.3 is 14.6 Å². The fourth-order valence-corrected chi connectivity index (χ4v) is 5.97. The van der Waals surface area contributed by atoms with Crippen molar-refractivity contribution in [3.63, 3.8) is 0 Å². The van der Waals surface area contributed by atoms with Crippen molar-refractivity contribution in [1.29, 1.82) is 0 Å². The molecule has 2 fully saturated rings. The molecule has 0 amide bonds. The zero-order chi connectivity index (χ0) is 23.7. The molecular formula is C26H28N6O3. The Bertz CT molecular complexity index is 1580.